The molecule has 0 rings (SSSR count). The van der Waals surface area contributed by atoms with Crippen LogP contribution in [0.25, 0.3) is 0 Å². The van der Waals surface area contributed by atoms with Gasteiger partial charge in [-0.1, -0.05) is 26.3 Å². The zero-order valence-corrected chi connectivity index (χ0v) is 20.2. The molecule has 0 bridgehead atoms. The summed E-state index contributed by atoms with van der Waals surface area (Å²) in [4.78, 5) is 37.7. The van der Waals surface area contributed by atoms with Crippen LogP contribution in [0.5, 0.6) is 0 Å². The molecule has 0 atom stereocenters. The zero-order chi connectivity index (χ0) is 28.7. The van der Waals surface area contributed by atoms with Crippen LogP contribution in [0.4, 0.5) is 0 Å². The molecule has 13 nitrogen and oxygen atoms in total. The lowest BCUT2D eigenvalue weighted by Crippen LogP contribution is -2.11. The topological polar surface area (TPSA) is 217 Å². The molecule has 0 aromatic heterocycles. The molecule has 0 saturated heterocycles. The van der Waals surface area contributed by atoms with Crippen LogP contribution in [0.1, 0.15) is 13.8 Å². The highest BCUT2D eigenvalue weighted by Crippen LogP contribution is 1.82. The van der Waals surface area contributed by atoms with Gasteiger partial charge >= 0.3 is 23.9 Å². The maximum Gasteiger partial charge on any atom is 0.330 e. The van der Waals surface area contributed by atoms with Crippen molar-refractivity contribution < 1.29 is 64.0 Å². The number of hydrogen-bond acceptors (Lipinski definition) is 9. The Morgan fingerprint density at radius 1 is 0.600 bits per heavy atom. The Bertz CT molecular complexity index is 536. The number of aliphatic carboxylic acids is 4. The van der Waals surface area contributed by atoms with E-state index in [1.165, 1.54) is 13.8 Å². The van der Waals surface area contributed by atoms with Crippen LogP contribution < -0.4 is 0 Å². The van der Waals surface area contributed by atoms with Gasteiger partial charge in [0.2, 0.25) is 0 Å². The molecule has 35 heavy (non-hydrogen) atoms. The van der Waals surface area contributed by atoms with E-state index < -0.39 is 23.9 Å². The molecule has 0 aromatic carbocycles. The summed E-state index contributed by atoms with van der Waals surface area (Å²) in [6, 6.07) is 0. The number of aliphatic hydroxyl groups is 2. The first-order valence-corrected chi connectivity index (χ1v) is 9.68. The number of hydrogen-bond donors (Lipinski definition) is 6. The van der Waals surface area contributed by atoms with E-state index in [1.54, 1.807) is 0 Å². The van der Waals surface area contributed by atoms with Gasteiger partial charge in [-0.3, -0.25) is 0 Å². The molecule has 6 N–H and O–H groups in total. The third kappa shape index (κ3) is 72.3. The van der Waals surface area contributed by atoms with Crippen LogP contribution in [-0.4, -0.2) is 107 Å². The van der Waals surface area contributed by atoms with Crippen LogP contribution in [0.2, 0.25) is 0 Å². The van der Waals surface area contributed by atoms with E-state index in [2.05, 4.69) is 26.3 Å². The summed E-state index contributed by atoms with van der Waals surface area (Å²) < 4.78 is 15.0. The Labute approximate surface area is 204 Å². The summed E-state index contributed by atoms with van der Waals surface area (Å²) in [5.74, 6) is -3.83. The largest absolute Gasteiger partial charge is 0.478 e. The second kappa shape index (κ2) is 35.2. The Morgan fingerprint density at radius 3 is 0.886 bits per heavy atom. The van der Waals surface area contributed by atoms with Crippen molar-refractivity contribution in [3.8, 4) is 0 Å². The molecule has 0 saturated carbocycles. The standard InChI is InChI=1S/C8H18O5.2C4H6O2.2C3H4O2/c9-1-3-11-5-7-13-8-6-12-4-2-10;2*1-3(2)4(5)6;2*1-2-3(4)5/h9-10H,1-8H2;2*1H2,2H3,(H,5,6);2*2H,1H2,(H,4,5). The van der Waals surface area contributed by atoms with Gasteiger partial charge in [-0.25, -0.2) is 19.2 Å². The highest BCUT2D eigenvalue weighted by Gasteiger charge is 1.91. The summed E-state index contributed by atoms with van der Waals surface area (Å²) in [6.45, 7) is 17.9. The molecule has 204 valence electrons. The zero-order valence-electron chi connectivity index (χ0n) is 20.2. The molecular formula is C22H38O13. The van der Waals surface area contributed by atoms with Gasteiger partial charge in [0.15, 0.2) is 0 Å². The van der Waals surface area contributed by atoms with E-state index in [9.17, 15) is 19.2 Å². The van der Waals surface area contributed by atoms with Gasteiger partial charge in [0.25, 0.3) is 0 Å². The predicted octanol–water partition coefficient (Wildman–Crippen LogP) is 0.829. The SMILES string of the molecule is C=C(C)C(=O)O.C=C(C)C(=O)O.C=CC(=O)O.C=CC(=O)O.OCCOCCOCCOCCO. The quantitative estimate of drug-likeness (QED) is 0.141. The molecule has 0 aliphatic carbocycles. The third-order valence-electron chi connectivity index (χ3n) is 2.29. The molecule has 0 fully saturated rings. The summed E-state index contributed by atoms with van der Waals surface area (Å²) in [5, 5.41) is 47.7. The summed E-state index contributed by atoms with van der Waals surface area (Å²) in [7, 11) is 0. The first-order chi connectivity index (χ1) is 16.2. The third-order valence-corrected chi connectivity index (χ3v) is 2.29. The van der Waals surface area contributed by atoms with Crippen LogP contribution in [-0.2, 0) is 33.4 Å². The molecular weight excluding hydrogens is 472 g/mol. The fourth-order valence-corrected chi connectivity index (χ4v) is 0.671. The molecule has 0 aliphatic rings. The maximum absolute atomic E-state index is 9.60. The van der Waals surface area contributed by atoms with E-state index in [0.717, 1.165) is 12.2 Å². The highest BCUT2D eigenvalue weighted by atomic mass is 16.5. The van der Waals surface area contributed by atoms with E-state index in [1.807, 2.05) is 0 Å². The van der Waals surface area contributed by atoms with Gasteiger partial charge in [-0.05, 0) is 13.8 Å². The summed E-state index contributed by atoms with van der Waals surface area (Å²) in [6.07, 6.45) is 1.67. The van der Waals surface area contributed by atoms with Crippen molar-refractivity contribution in [2.45, 2.75) is 13.8 Å². The van der Waals surface area contributed by atoms with Crippen molar-refractivity contribution in [3.05, 3.63) is 49.6 Å². The fourth-order valence-electron chi connectivity index (χ4n) is 0.671. The molecule has 0 unspecified atom stereocenters. The van der Waals surface area contributed by atoms with E-state index in [4.69, 9.17) is 44.8 Å². The molecule has 13 heteroatoms. The molecule has 0 spiro atoms. The smallest absolute Gasteiger partial charge is 0.330 e. The number of carboxylic acid groups (broad SMARTS) is 4. The second-order valence-corrected chi connectivity index (χ2v) is 5.54. The van der Waals surface area contributed by atoms with Gasteiger partial charge < -0.3 is 44.8 Å². The van der Waals surface area contributed by atoms with E-state index in [-0.39, 0.29) is 24.4 Å². The molecule has 0 aliphatic heterocycles. The van der Waals surface area contributed by atoms with Crippen molar-refractivity contribution in [2.75, 3.05) is 52.9 Å². The Balaban J connectivity index is -0.000000116. The summed E-state index contributed by atoms with van der Waals surface area (Å²) >= 11 is 0. The monoisotopic (exact) mass is 510 g/mol. The van der Waals surface area contributed by atoms with Gasteiger partial charge in [0.1, 0.15) is 0 Å². The van der Waals surface area contributed by atoms with Gasteiger partial charge in [0.05, 0.1) is 52.9 Å². The maximum atomic E-state index is 9.60. The van der Waals surface area contributed by atoms with Crippen molar-refractivity contribution in [3.63, 3.8) is 0 Å². The van der Waals surface area contributed by atoms with E-state index in [0.29, 0.717) is 39.6 Å². The molecule has 0 aromatic rings. The average Bonchev–Trinajstić information content (AvgIpc) is 2.79. The minimum atomic E-state index is -0.981. The van der Waals surface area contributed by atoms with Gasteiger partial charge in [-0.2, -0.15) is 0 Å². The predicted molar refractivity (Wildman–Crippen MR) is 127 cm³/mol. The van der Waals surface area contributed by atoms with Crippen molar-refractivity contribution in [2.24, 2.45) is 0 Å². The van der Waals surface area contributed by atoms with Gasteiger partial charge in [0, 0.05) is 23.3 Å². The Kier molecular flexibility index (Phi) is 42.1. The van der Waals surface area contributed by atoms with Crippen LogP contribution in [0.3, 0.4) is 0 Å². The first kappa shape index (κ1) is 41.9. The average molecular weight is 511 g/mol. The lowest BCUT2D eigenvalue weighted by Gasteiger charge is -2.04. The molecule has 0 heterocycles. The number of rotatable bonds is 14. The Hall–Kier alpha value is -3.36. The number of carboxylic acids is 4. The minimum absolute atomic E-state index is 0.0413. The van der Waals surface area contributed by atoms with Gasteiger partial charge in [-0.15, -0.1) is 0 Å². The van der Waals surface area contributed by atoms with Crippen LogP contribution in [0, 0.1) is 0 Å². The van der Waals surface area contributed by atoms with Crippen molar-refractivity contribution in [1.29, 1.82) is 0 Å². The lowest BCUT2D eigenvalue weighted by atomic mass is 10.4. The molecule has 0 radical (unpaired) electrons. The first-order valence-electron chi connectivity index (χ1n) is 9.68. The number of aliphatic hydroxyl groups excluding tert-OH is 2. The molecule has 0 amide bonds. The number of ether oxygens (including phenoxy) is 3. The Morgan fingerprint density at radius 2 is 0.771 bits per heavy atom. The van der Waals surface area contributed by atoms with Crippen LogP contribution in [0.15, 0.2) is 49.6 Å². The van der Waals surface area contributed by atoms with Crippen LogP contribution >= 0.6 is 0 Å². The second-order valence-electron chi connectivity index (χ2n) is 5.54. The van der Waals surface area contributed by atoms with Crippen molar-refractivity contribution in [1.82, 2.24) is 0 Å². The normalized spacial score (nSPS) is 8.34. The lowest BCUT2D eigenvalue weighted by molar-refractivity contribution is -0.133. The fraction of sp³-hybridized carbons (Fsp3) is 0.455. The highest BCUT2D eigenvalue weighted by molar-refractivity contribution is 5.85. The number of carbonyl (C=O) groups is 4. The van der Waals surface area contributed by atoms with Crippen molar-refractivity contribution >= 4 is 23.9 Å². The minimum Gasteiger partial charge on any atom is -0.478 e. The summed E-state index contributed by atoms with van der Waals surface area (Å²) in [5.41, 5.74) is 0.352. The van der Waals surface area contributed by atoms with E-state index >= 15 is 0 Å².